The van der Waals surface area contributed by atoms with Crippen LogP contribution in [0, 0.1) is 11.6 Å². The summed E-state index contributed by atoms with van der Waals surface area (Å²) < 4.78 is 49.5. The zero-order chi connectivity index (χ0) is 12.6. The van der Waals surface area contributed by atoms with E-state index in [1.807, 2.05) is 0 Å². The minimum Gasteiger partial charge on any atom is -0.305 e. The van der Waals surface area contributed by atoms with Crippen molar-refractivity contribution in [2.75, 3.05) is 11.5 Å². The van der Waals surface area contributed by atoms with E-state index in [-0.39, 0.29) is 23.1 Å². The fourth-order valence-corrected chi connectivity index (χ4v) is 3.88. The summed E-state index contributed by atoms with van der Waals surface area (Å²) >= 11 is 0. The Hall–Kier alpha value is -1.01. The van der Waals surface area contributed by atoms with E-state index in [1.54, 1.807) is 6.92 Å². The van der Waals surface area contributed by atoms with Gasteiger partial charge in [-0.2, -0.15) is 0 Å². The van der Waals surface area contributed by atoms with Crippen LogP contribution in [0.4, 0.5) is 8.78 Å². The summed E-state index contributed by atoms with van der Waals surface area (Å²) in [5.74, 6) is -1.49. The largest absolute Gasteiger partial charge is 0.305 e. The summed E-state index contributed by atoms with van der Waals surface area (Å²) in [7, 11) is -3.18. The molecule has 1 aromatic carbocycles. The third kappa shape index (κ3) is 2.81. The number of benzene rings is 1. The molecule has 2 rings (SSSR count). The quantitative estimate of drug-likeness (QED) is 0.831. The molecule has 6 heteroatoms. The van der Waals surface area contributed by atoms with E-state index < -0.39 is 27.5 Å². The van der Waals surface area contributed by atoms with Gasteiger partial charge in [-0.1, -0.05) is 6.07 Å². The number of hydrogen-bond acceptors (Lipinski definition) is 3. The lowest BCUT2D eigenvalue weighted by atomic mass is 10.1. The van der Waals surface area contributed by atoms with Gasteiger partial charge in [0.15, 0.2) is 9.84 Å². The molecule has 1 aliphatic heterocycles. The van der Waals surface area contributed by atoms with Crippen LogP contribution in [0.3, 0.4) is 0 Å². The Balaban J connectivity index is 2.33. The molecule has 0 bridgehead atoms. The minimum atomic E-state index is -3.18. The van der Waals surface area contributed by atoms with Crippen LogP contribution in [0.2, 0.25) is 0 Å². The van der Waals surface area contributed by atoms with E-state index in [0.29, 0.717) is 0 Å². The maximum atomic E-state index is 13.5. The molecule has 2 atom stereocenters. The lowest BCUT2D eigenvalue weighted by Gasteiger charge is -2.29. The van der Waals surface area contributed by atoms with Crippen LogP contribution in [0.1, 0.15) is 18.5 Å². The first kappa shape index (κ1) is 12.4. The Labute approximate surface area is 98.8 Å². The van der Waals surface area contributed by atoms with Crippen LogP contribution in [-0.4, -0.2) is 26.0 Å². The fraction of sp³-hybridized carbons (Fsp3) is 0.455. The minimum absolute atomic E-state index is 0.0479. The van der Waals surface area contributed by atoms with E-state index in [2.05, 4.69) is 5.32 Å². The van der Waals surface area contributed by atoms with Gasteiger partial charge in [-0.25, -0.2) is 17.2 Å². The molecule has 2 unspecified atom stereocenters. The number of nitrogens with one attached hydrogen (secondary N) is 1. The standard InChI is InChI=1S/C11H13F2NO2S/c1-7-5-17(15,16)6-11(14-7)9-3-2-8(12)4-10(9)13/h2-4,7,11,14H,5-6H2,1H3. The van der Waals surface area contributed by atoms with E-state index in [1.165, 1.54) is 6.07 Å². The smallest absolute Gasteiger partial charge is 0.153 e. The highest BCUT2D eigenvalue weighted by Gasteiger charge is 2.31. The molecule has 0 amide bonds. The SMILES string of the molecule is CC1CS(=O)(=O)CC(c2ccc(F)cc2F)N1. The van der Waals surface area contributed by atoms with Gasteiger partial charge in [0.25, 0.3) is 0 Å². The van der Waals surface area contributed by atoms with Gasteiger partial charge in [0.05, 0.1) is 11.5 Å². The fourth-order valence-electron chi connectivity index (χ4n) is 2.11. The van der Waals surface area contributed by atoms with Crippen LogP contribution in [0.15, 0.2) is 18.2 Å². The van der Waals surface area contributed by atoms with Gasteiger partial charge in [0.2, 0.25) is 0 Å². The van der Waals surface area contributed by atoms with Crippen molar-refractivity contribution < 1.29 is 17.2 Å². The summed E-state index contributed by atoms with van der Waals surface area (Å²) in [6.07, 6.45) is 0. The Morgan fingerprint density at radius 3 is 2.59 bits per heavy atom. The lowest BCUT2D eigenvalue weighted by Crippen LogP contribution is -2.45. The first-order chi connectivity index (χ1) is 7.87. The van der Waals surface area contributed by atoms with Crippen LogP contribution >= 0.6 is 0 Å². The van der Waals surface area contributed by atoms with E-state index in [9.17, 15) is 17.2 Å². The molecule has 1 aromatic rings. The monoisotopic (exact) mass is 261 g/mol. The Morgan fingerprint density at radius 2 is 2.00 bits per heavy atom. The van der Waals surface area contributed by atoms with Crippen molar-refractivity contribution in [1.82, 2.24) is 5.32 Å². The van der Waals surface area contributed by atoms with Gasteiger partial charge in [-0.3, -0.25) is 0 Å². The van der Waals surface area contributed by atoms with Crippen molar-refractivity contribution in [1.29, 1.82) is 0 Å². The maximum Gasteiger partial charge on any atom is 0.153 e. The molecule has 3 nitrogen and oxygen atoms in total. The zero-order valence-corrected chi connectivity index (χ0v) is 10.1. The molecule has 0 spiro atoms. The maximum absolute atomic E-state index is 13.5. The van der Waals surface area contributed by atoms with Crippen LogP contribution in [0.5, 0.6) is 0 Å². The third-order valence-corrected chi connectivity index (χ3v) is 4.60. The zero-order valence-electron chi connectivity index (χ0n) is 9.28. The predicted molar refractivity (Wildman–Crippen MR) is 60.4 cm³/mol. The molecule has 0 saturated carbocycles. The second-order valence-corrected chi connectivity index (χ2v) is 6.52. The molecule has 1 saturated heterocycles. The Bertz CT molecular complexity index is 530. The Morgan fingerprint density at radius 1 is 1.29 bits per heavy atom. The lowest BCUT2D eigenvalue weighted by molar-refractivity contribution is 0.452. The number of sulfone groups is 1. The number of hydrogen-bond donors (Lipinski definition) is 1. The highest BCUT2D eigenvalue weighted by atomic mass is 32.2. The highest BCUT2D eigenvalue weighted by Crippen LogP contribution is 2.23. The average Bonchev–Trinajstić information content (AvgIpc) is 2.13. The first-order valence-corrected chi connectivity index (χ1v) is 7.11. The van der Waals surface area contributed by atoms with Gasteiger partial charge in [0, 0.05) is 23.7 Å². The summed E-state index contributed by atoms with van der Waals surface area (Å²) in [4.78, 5) is 0. The van der Waals surface area contributed by atoms with E-state index in [4.69, 9.17) is 0 Å². The second-order valence-electron chi connectivity index (χ2n) is 4.36. The molecule has 1 aliphatic rings. The van der Waals surface area contributed by atoms with E-state index >= 15 is 0 Å². The molecule has 94 valence electrons. The van der Waals surface area contributed by atoms with Gasteiger partial charge in [0.1, 0.15) is 11.6 Å². The van der Waals surface area contributed by atoms with E-state index in [0.717, 1.165) is 12.1 Å². The molecule has 0 aromatic heterocycles. The van der Waals surface area contributed by atoms with Gasteiger partial charge >= 0.3 is 0 Å². The normalized spacial score (nSPS) is 27.9. The molecule has 17 heavy (non-hydrogen) atoms. The van der Waals surface area contributed by atoms with Gasteiger partial charge in [-0.15, -0.1) is 0 Å². The van der Waals surface area contributed by atoms with Crippen molar-refractivity contribution in [2.45, 2.75) is 19.0 Å². The predicted octanol–water partition coefficient (Wildman–Crippen LogP) is 1.41. The molecule has 1 heterocycles. The molecule has 0 aliphatic carbocycles. The number of halogens is 2. The highest BCUT2D eigenvalue weighted by molar-refractivity contribution is 7.91. The number of rotatable bonds is 1. The topological polar surface area (TPSA) is 46.2 Å². The van der Waals surface area contributed by atoms with Crippen molar-refractivity contribution in [2.24, 2.45) is 0 Å². The van der Waals surface area contributed by atoms with Crippen LogP contribution < -0.4 is 5.32 Å². The van der Waals surface area contributed by atoms with Crippen LogP contribution in [-0.2, 0) is 9.84 Å². The van der Waals surface area contributed by atoms with Crippen molar-refractivity contribution in [3.05, 3.63) is 35.4 Å². The third-order valence-electron chi connectivity index (χ3n) is 2.75. The van der Waals surface area contributed by atoms with Crippen molar-refractivity contribution in [3.8, 4) is 0 Å². The summed E-state index contributed by atoms with van der Waals surface area (Å²) in [6.45, 7) is 1.73. The molecular weight excluding hydrogens is 248 g/mol. The second kappa shape index (κ2) is 4.34. The summed E-state index contributed by atoms with van der Waals surface area (Å²) in [5.41, 5.74) is 0.196. The summed E-state index contributed by atoms with van der Waals surface area (Å²) in [6, 6.07) is 2.35. The Kier molecular flexibility index (Phi) is 3.18. The molecule has 1 fully saturated rings. The first-order valence-electron chi connectivity index (χ1n) is 5.29. The molecule has 0 radical (unpaired) electrons. The summed E-state index contributed by atoms with van der Waals surface area (Å²) in [5, 5.41) is 3.01. The van der Waals surface area contributed by atoms with Crippen molar-refractivity contribution in [3.63, 3.8) is 0 Å². The van der Waals surface area contributed by atoms with Crippen molar-refractivity contribution >= 4 is 9.84 Å². The van der Waals surface area contributed by atoms with Gasteiger partial charge < -0.3 is 5.32 Å². The van der Waals surface area contributed by atoms with Crippen LogP contribution in [0.25, 0.3) is 0 Å². The average molecular weight is 261 g/mol. The molecule has 1 N–H and O–H groups in total. The molecular formula is C11H13F2NO2S. The van der Waals surface area contributed by atoms with Gasteiger partial charge in [-0.05, 0) is 13.0 Å².